The fourth-order valence-corrected chi connectivity index (χ4v) is 3.57. The lowest BCUT2D eigenvalue weighted by molar-refractivity contribution is 0.422. The van der Waals surface area contributed by atoms with Gasteiger partial charge in [0, 0.05) is 6.54 Å². The fourth-order valence-electron chi connectivity index (χ4n) is 2.52. The highest BCUT2D eigenvalue weighted by Gasteiger charge is 2.12. The predicted octanol–water partition coefficient (Wildman–Crippen LogP) is 4.13. The van der Waals surface area contributed by atoms with Gasteiger partial charge >= 0.3 is 0 Å². The average Bonchev–Trinajstić information content (AvgIpc) is 2.48. The van der Waals surface area contributed by atoms with E-state index < -0.39 is 10.0 Å². The maximum absolute atomic E-state index is 11.9. The van der Waals surface area contributed by atoms with Gasteiger partial charge in [-0.05, 0) is 36.5 Å². The van der Waals surface area contributed by atoms with E-state index in [0.29, 0.717) is 11.4 Å². The molecular formula is C17H29NO2S. The third-order valence-corrected chi connectivity index (χ3v) is 5.51. The van der Waals surface area contributed by atoms with Crippen LogP contribution in [-0.2, 0) is 16.4 Å². The second-order valence-corrected chi connectivity index (χ2v) is 7.37. The van der Waals surface area contributed by atoms with Crippen LogP contribution in [0, 0.1) is 5.92 Å². The smallest absolute Gasteiger partial charge is 0.211 e. The van der Waals surface area contributed by atoms with Crippen molar-refractivity contribution in [2.24, 2.45) is 5.92 Å². The molecule has 0 spiro atoms. The molecule has 0 aromatic heterocycles. The van der Waals surface area contributed by atoms with Crippen molar-refractivity contribution in [2.45, 2.75) is 64.2 Å². The van der Waals surface area contributed by atoms with E-state index in [0.717, 1.165) is 12.3 Å². The Labute approximate surface area is 130 Å². The van der Waals surface area contributed by atoms with Crippen LogP contribution >= 0.6 is 0 Å². The SMILES string of the molecule is CCCCC(CC)CCc1ccc(S(=O)(=O)NCC)cc1. The quantitative estimate of drug-likeness (QED) is 0.706. The number of benzene rings is 1. The van der Waals surface area contributed by atoms with E-state index >= 15 is 0 Å². The van der Waals surface area contributed by atoms with Gasteiger partial charge in [-0.25, -0.2) is 13.1 Å². The molecule has 1 aromatic carbocycles. The van der Waals surface area contributed by atoms with Crippen LogP contribution in [0.4, 0.5) is 0 Å². The third-order valence-electron chi connectivity index (χ3n) is 3.95. The molecule has 0 aliphatic rings. The van der Waals surface area contributed by atoms with E-state index in [2.05, 4.69) is 18.6 Å². The van der Waals surface area contributed by atoms with Crippen molar-refractivity contribution >= 4 is 10.0 Å². The van der Waals surface area contributed by atoms with Gasteiger partial charge in [-0.1, -0.05) is 58.6 Å². The van der Waals surface area contributed by atoms with Gasteiger partial charge in [0.15, 0.2) is 0 Å². The van der Waals surface area contributed by atoms with Gasteiger partial charge in [-0.15, -0.1) is 0 Å². The average molecular weight is 311 g/mol. The van der Waals surface area contributed by atoms with Crippen molar-refractivity contribution in [1.82, 2.24) is 4.72 Å². The van der Waals surface area contributed by atoms with Crippen LogP contribution in [-0.4, -0.2) is 15.0 Å². The summed E-state index contributed by atoms with van der Waals surface area (Å²) in [4.78, 5) is 0.353. The Bertz CT molecular complexity index is 494. The molecule has 0 heterocycles. The molecule has 120 valence electrons. The summed E-state index contributed by atoms with van der Waals surface area (Å²) in [7, 11) is -3.33. The lowest BCUT2D eigenvalue weighted by Crippen LogP contribution is -2.23. The second kappa shape index (κ2) is 9.21. The molecule has 1 aromatic rings. The minimum atomic E-state index is -3.33. The highest BCUT2D eigenvalue weighted by Crippen LogP contribution is 2.20. The van der Waals surface area contributed by atoms with Gasteiger partial charge < -0.3 is 0 Å². The molecule has 0 bridgehead atoms. The van der Waals surface area contributed by atoms with Gasteiger partial charge in [0.25, 0.3) is 0 Å². The largest absolute Gasteiger partial charge is 0.240 e. The fraction of sp³-hybridized carbons (Fsp3) is 0.647. The van der Waals surface area contributed by atoms with Gasteiger partial charge in [0.05, 0.1) is 4.90 Å². The molecular weight excluding hydrogens is 282 g/mol. The monoisotopic (exact) mass is 311 g/mol. The zero-order valence-electron chi connectivity index (χ0n) is 13.6. The number of hydrogen-bond donors (Lipinski definition) is 1. The Morgan fingerprint density at radius 1 is 1.05 bits per heavy atom. The molecule has 3 nitrogen and oxygen atoms in total. The van der Waals surface area contributed by atoms with E-state index in [-0.39, 0.29) is 0 Å². The van der Waals surface area contributed by atoms with Crippen molar-refractivity contribution in [3.8, 4) is 0 Å². The van der Waals surface area contributed by atoms with Gasteiger partial charge in [-0.3, -0.25) is 0 Å². The van der Waals surface area contributed by atoms with Crippen molar-refractivity contribution in [1.29, 1.82) is 0 Å². The van der Waals surface area contributed by atoms with Gasteiger partial charge in [-0.2, -0.15) is 0 Å². The number of rotatable bonds is 10. The maximum Gasteiger partial charge on any atom is 0.240 e. The van der Waals surface area contributed by atoms with E-state index in [9.17, 15) is 8.42 Å². The Balaban J connectivity index is 2.58. The van der Waals surface area contributed by atoms with Crippen molar-refractivity contribution in [2.75, 3.05) is 6.54 Å². The first-order valence-electron chi connectivity index (χ1n) is 8.12. The Kier molecular flexibility index (Phi) is 7.97. The summed E-state index contributed by atoms with van der Waals surface area (Å²) in [5, 5.41) is 0. The number of aryl methyl sites for hydroxylation is 1. The van der Waals surface area contributed by atoms with Crippen LogP contribution < -0.4 is 4.72 Å². The van der Waals surface area contributed by atoms with E-state index in [4.69, 9.17) is 0 Å². The van der Waals surface area contributed by atoms with Crippen LogP contribution in [0.3, 0.4) is 0 Å². The molecule has 0 fully saturated rings. The van der Waals surface area contributed by atoms with Gasteiger partial charge in [0.2, 0.25) is 10.0 Å². The van der Waals surface area contributed by atoms with Crippen LogP contribution in [0.25, 0.3) is 0 Å². The number of sulfonamides is 1. The first kappa shape index (κ1) is 18.2. The number of nitrogens with one attached hydrogen (secondary N) is 1. The summed E-state index contributed by atoms with van der Waals surface area (Å²) in [6.45, 7) is 6.69. The highest BCUT2D eigenvalue weighted by atomic mass is 32.2. The predicted molar refractivity (Wildman–Crippen MR) is 88.9 cm³/mol. The summed E-state index contributed by atoms with van der Waals surface area (Å²) in [5.41, 5.74) is 1.22. The number of hydrogen-bond acceptors (Lipinski definition) is 2. The normalized spacial score (nSPS) is 13.3. The van der Waals surface area contributed by atoms with E-state index in [1.54, 1.807) is 19.1 Å². The molecule has 0 saturated carbocycles. The molecule has 1 unspecified atom stereocenters. The van der Waals surface area contributed by atoms with Crippen LogP contribution in [0.2, 0.25) is 0 Å². The Morgan fingerprint density at radius 3 is 2.24 bits per heavy atom. The highest BCUT2D eigenvalue weighted by molar-refractivity contribution is 7.89. The van der Waals surface area contributed by atoms with Crippen molar-refractivity contribution in [3.63, 3.8) is 0 Å². The summed E-state index contributed by atoms with van der Waals surface area (Å²) in [5.74, 6) is 0.787. The maximum atomic E-state index is 11.9. The molecule has 0 aliphatic heterocycles. The van der Waals surface area contributed by atoms with Crippen LogP contribution in [0.15, 0.2) is 29.2 Å². The molecule has 0 saturated heterocycles. The first-order valence-corrected chi connectivity index (χ1v) is 9.60. The Morgan fingerprint density at radius 2 is 1.71 bits per heavy atom. The molecule has 4 heteroatoms. The zero-order valence-corrected chi connectivity index (χ0v) is 14.4. The lowest BCUT2D eigenvalue weighted by atomic mass is 9.92. The lowest BCUT2D eigenvalue weighted by Gasteiger charge is -2.14. The standard InChI is InChI=1S/C17H29NO2S/c1-4-7-8-15(5-2)9-10-16-11-13-17(14-12-16)21(19,20)18-6-3/h11-15,18H,4-10H2,1-3H3. The third kappa shape index (κ3) is 6.18. The van der Waals surface area contributed by atoms with E-state index in [1.807, 2.05) is 12.1 Å². The van der Waals surface area contributed by atoms with Crippen molar-refractivity contribution < 1.29 is 8.42 Å². The summed E-state index contributed by atoms with van der Waals surface area (Å²) < 4.78 is 26.2. The molecule has 0 amide bonds. The second-order valence-electron chi connectivity index (χ2n) is 5.60. The van der Waals surface area contributed by atoms with Gasteiger partial charge in [0.1, 0.15) is 0 Å². The van der Waals surface area contributed by atoms with Crippen LogP contribution in [0.5, 0.6) is 0 Å². The summed E-state index contributed by atoms with van der Waals surface area (Å²) in [6, 6.07) is 7.30. The zero-order chi connectivity index (χ0) is 15.7. The molecule has 1 N–H and O–H groups in total. The van der Waals surface area contributed by atoms with E-state index in [1.165, 1.54) is 37.7 Å². The number of unbranched alkanes of at least 4 members (excludes halogenated alkanes) is 1. The minimum absolute atomic E-state index is 0.353. The van der Waals surface area contributed by atoms with Crippen LogP contribution in [0.1, 0.15) is 58.4 Å². The molecule has 21 heavy (non-hydrogen) atoms. The molecule has 1 rings (SSSR count). The minimum Gasteiger partial charge on any atom is -0.211 e. The Hall–Kier alpha value is -0.870. The topological polar surface area (TPSA) is 46.2 Å². The first-order chi connectivity index (χ1) is 10.0. The van der Waals surface area contributed by atoms with Crippen molar-refractivity contribution in [3.05, 3.63) is 29.8 Å². The molecule has 0 radical (unpaired) electrons. The molecule has 1 atom stereocenters. The molecule has 0 aliphatic carbocycles. The summed E-state index contributed by atoms with van der Waals surface area (Å²) >= 11 is 0. The summed E-state index contributed by atoms with van der Waals surface area (Å²) in [6.07, 6.45) is 7.32.